The molecule has 7 heteroatoms. The maximum Gasteiger partial charge on any atom is 0.336 e. The first-order valence-electron chi connectivity index (χ1n) is 4.90. The van der Waals surface area contributed by atoms with Crippen molar-refractivity contribution in [3.8, 4) is 5.75 Å². The first-order valence-corrected chi connectivity index (χ1v) is 7.09. The third-order valence-corrected chi connectivity index (χ3v) is 3.02. The zero-order valence-electron chi connectivity index (χ0n) is 9.56. The van der Waals surface area contributed by atoms with Crippen LogP contribution < -0.4 is 9.81 Å². The van der Waals surface area contributed by atoms with Gasteiger partial charge >= 0.3 is 15.7 Å². The molecule has 0 radical (unpaired) electrons. The molecular formula is C11H9ClO5S. The minimum atomic E-state index is -3.69. The first-order chi connectivity index (χ1) is 8.26. The van der Waals surface area contributed by atoms with Gasteiger partial charge in [0.1, 0.15) is 5.58 Å². The van der Waals surface area contributed by atoms with Crippen LogP contribution in [0.25, 0.3) is 11.0 Å². The molecule has 96 valence electrons. The van der Waals surface area contributed by atoms with Crippen LogP contribution in [0.15, 0.2) is 27.4 Å². The molecule has 0 aliphatic heterocycles. The number of rotatable bonds is 2. The molecule has 0 aliphatic carbocycles. The summed E-state index contributed by atoms with van der Waals surface area (Å²) in [5.74, 6) is -0.0691. The molecule has 1 aromatic heterocycles. The van der Waals surface area contributed by atoms with Gasteiger partial charge in [-0.3, -0.25) is 0 Å². The zero-order valence-corrected chi connectivity index (χ0v) is 11.1. The Morgan fingerprint density at radius 1 is 1.28 bits per heavy atom. The molecule has 18 heavy (non-hydrogen) atoms. The lowest BCUT2D eigenvalue weighted by molar-refractivity contribution is 0.492. The topological polar surface area (TPSA) is 73.6 Å². The number of aryl methyl sites for hydroxylation is 1. The van der Waals surface area contributed by atoms with Gasteiger partial charge in [-0.1, -0.05) is 11.6 Å². The quantitative estimate of drug-likeness (QED) is 0.625. The minimum absolute atomic E-state index is 0.0691. The Morgan fingerprint density at radius 2 is 1.94 bits per heavy atom. The highest BCUT2D eigenvalue weighted by molar-refractivity contribution is 7.86. The Balaban J connectivity index is 2.72. The molecular weight excluding hydrogens is 280 g/mol. The van der Waals surface area contributed by atoms with Gasteiger partial charge in [0.25, 0.3) is 0 Å². The monoisotopic (exact) mass is 288 g/mol. The largest absolute Gasteiger partial charge is 0.423 e. The Bertz CT molecular complexity index is 776. The Hall–Kier alpha value is -1.53. The molecule has 0 spiro atoms. The SMILES string of the molecule is Cc1cc(=O)oc2cc(OS(C)(=O)=O)c(Cl)cc12. The number of halogens is 1. The molecule has 0 aliphatic rings. The molecule has 0 bridgehead atoms. The highest BCUT2D eigenvalue weighted by Gasteiger charge is 2.12. The molecule has 2 rings (SSSR count). The lowest BCUT2D eigenvalue weighted by Gasteiger charge is -2.07. The predicted octanol–water partition coefficient (Wildman–Crippen LogP) is 2.09. The van der Waals surface area contributed by atoms with Gasteiger partial charge in [0.15, 0.2) is 5.75 Å². The van der Waals surface area contributed by atoms with Crippen LogP contribution in [0.4, 0.5) is 0 Å². The fourth-order valence-electron chi connectivity index (χ4n) is 1.55. The molecule has 5 nitrogen and oxygen atoms in total. The van der Waals surface area contributed by atoms with E-state index in [1.54, 1.807) is 6.92 Å². The maximum absolute atomic E-state index is 11.2. The van der Waals surface area contributed by atoms with E-state index in [0.29, 0.717) is 10.9 Å². The van der Waals surface area contributed by atoms with E-state index < -0.39 is 15.7 Å². The zero-order chi connectivity index (χ0) is 13.5. The van der Waals surface area contributed by atoms with Gasteiger partial charge < -0.3 is 8.60 Å². The number of hydrogen-bond donors (Lipinski definition) is 0. The summed E-state index contributed by atoms with van der Waals surface area (Å²) >= 11 is 5.91. The highest BCUT2D eigenvalue weighted by atomic mass is 35.5. The van der Waals surface area contributed by atoms with Gasteiger partial charge in [-0.15, -0.1) is 0 Å². The predicted molar refractivity (Wildman–Crippen MR) is 67.7 cm³/mol. The van der Waals surface area contributed by atoms with E-state index in [1.165, 1.54) is 18.2 Å². The van der Waals surface area contributed by atoms with Gasteiger partial charge in [-0.05, 0) is 18.6 Å². The van der Waals surface area contributed by atoms with E-state index in [2.05, 4.69) is 0 Å². The lowest BCUT2D eigenvalue weighted by atomic mass is 10.1. The summed E-state index contributed by atoms with van der Waals surface area (Å²) < 4.78 is 31.8. The first kappa shape index (κ1) is 12.9. The smallest absolute Gasteiger partial charge is 0.336 e. The van der Waals surface area contributed by atoms with Crippen LogP contribution in [0.5, 0.6) is 5.75 Å². The molecule has 0 fully saturated rings. The summed E-state index contributed by atoms with van der Waals surface area (Å²) in [5, 5.41) is 0.755. The average Bonchev–Trinajstić information content (AvgIpc) is 2.18. The molecule has 2 aromatic rings. The van der Waals surface area contributed by atoms with Gasteiger partial charge in [-0.2, -0.15) is 8.42 Å². The summed E-state index contributed by atoms with van der Waals surface area (Å²) in [7, 11) is -3.69. The fraction of sp³-hybridized carbons (Fsp3) is 0.182. The van der Waals surface area contributed by atoms with Crippen molar-refractivity contribution in [2.24, 2.45) is 0 Å². The third-order valence-electron chi connectivity index (χ3n) is 2.24. The van der Waals surface area contributed by atoms with Crippen LogP contribution >= 0.6 is 11.6 Å². The normalized spacial score (nSPS) is 11.7. The standard InChI is InChI=1S/C11H9ClO5S/c1-6-3-11(13)16-9-5-10(17-18(2,14)15)8(12)4-7(6)9/h3-5H,1-2H3. The molecule has 0 amide bonds. The highest BCUT2D eigenvalue weighted by Crippen LogP contribution is 2.31. The van der Waals surface area contributed by atoms with Crippen molar-refractivity contribution in [3.63, 3.8) is 0 Å². The van der Waals surface area contributed by atoms with E-state index in [0.717, 1.165) is 6.26 Å². The molecule has 0 N–H and O–H groups in total. The van der Waals surface area contributed by atoms with E-state index in [1.807, 2.05) is 0 Å². The van der Waals surface area contributed by atoms with E-state index in [4.69, 9.17) is 20.2 Å². The molecule has 1 aromatic carbocycles. The summed E-state index contributed by atoms with van der Waals surface area (Å²) in [6.45, 7) is 1.73. The van der Waals surface area contributed by atoms with Gasteiger partial charge in [0.2, 0.25) is 0 Å². The van der Waals surface area contributed by atoms with Crippen molar-refractivity contribution in [2.45, 2.75) is 6.92 Å². The average molecular weight is 289 g/mol. The number of benzene rings is 1. The molecule has 0 unspecified atom stereocenters. The second-order valence-electron chi connectivity index (χ2n) is 3.81. The molecule has 1 heterocycles. The second kappa shape index (κ2) is 4.29. The van der Waals surface area contributed by atoms with Crippen molar-refractivity contribution >= 4 is 32.7 Å². The Labute approximate surface area is 108 Å². The van der Waals surface area contributed by atoms with Gasteiger partial charge in [0.05, 0.1) is 11.3 Å². The van der Waals surface area contributed by atoms with Crippen molar-refractivity contribution in [1.82, 2.24) is 0 Å². The summed E-state index contributed by atoms with van der Waals surface area (Å²) in [6, 6.07) is 4.11. The fourth-order valence-corrected chi connectivity index (χ4v) is 2.26. The van der Waals surface area contributed by atoms with Crippen LogP contribution in [0.1, 0.15) is 5.56 Å². The summed E-state index contributed by atoms with van der Waals surface area (Å²) in [4.78, 5) is 11.2. The third kappa shape index (κ3) is 2.65. The molecule has 0 atom stereocenters. The summed E-state index contributed by atoms with van der Waals surface area (Å²) in [5.41, 5.74) is 0.393. The number of fused-ring (bicyclic) bond motifs is 1. The van der Waals surface area contributed by atoms with Gasteiger partial charge in [-0.25, -0.2) is 4.79 Å². The maximum atomic E-state index is 11.2. The number of hydrogen-bond acceptors (Lipinski definition) is 5. The van der Waals surface area contributed by atoms with Crippen molar-refractivity contribution in [3.05, 3.63) is 39.2 Å². The van der Waals surface area contributed by atoms with Crippen LogP contribution in [0.2, 0.25) is 5.02 Å². The molecule has 0 saturated carbocycles. The molecule has 0 saturated heterocycles. The van der Waals surface area contributed by atoms with E-state index >= 15 is 0 Å². The van der Waals surface area contributed by atoms with Crippen molar-refractivity contribution in [2.75, 3.05) is 6.26 Å². The van der Waals surface area contributed by atoms with Gasteiger partial charge in [0, 0.05) is 17.5 Å². The van der Waals surface area contributed by atoms with Crippen molar-refractivity contribution in [1.29, 1.82) is 0 Å². The van der Waals surface area contributed by atoms with E-state index in [9.17, 15) is 13.2 Å². The van der Waals surface area contributed by atoms with Crippen LogP contribution in [0, 0.1) is 6.92 Å². The minimum Gasteiger partial charge on any atom is -0.423 e. The van der Waals surface area contributed by atoms with Crippen molar-refractivity contribution < 1.29 is 17.0 Å². The Morgan fingerprint density at radius 3 is 2.56 bits per heavy atom. The Kier molecular flexibility index (Phi) is 3.08. The van der Waals surface area contributed by atoms with Crippen LogP contribution in [-0.2, 0) is 10.1 Å². The van der Waals surface area contributed by atoms with Crippen LogP contribution in [-0.4, -0.2) is 14.7 Å². The van der Waals surface area contributed by atoms with E-state index in [-0.39, 0.29) is 16.4 Å². The lowest BCUT2D eigenvalue weighted by Crippen LogP contribution is -2.06. The van der Waals surface area contributed by atoms with Crippen LogP contribution in [0.3, 0.4) is 0 Å². The second-order valence-corrected chi connectivity index (χ2v) is 5.80. The summed E-state index contributed by atoms with van der Waals surface area (Å²) in [6.07, 6.45) is 0.903.